The van der Waals surface area contributed by atoms with Crippen molar-refractivity contribution in [2.24, 2.45) is 0 Å². The van der Waals surface area contributed by atoms with Gasteiger partial charge in [-0.25, -0.2) is 15.0 Å². The van der Waals surface area contributed by atoms with Crippen LogP contribution in [0, 0.1) is 0 Å². The minimum atomic E-state index is -0.182. The molecule has 4 rings (SSSR count). The van der Waals surface area contributed by atoms with Gasteiger partial charge in [0.25, 0.3) is 5.91 Å². The number of aromatic nitrogens is 4. The molecule has 1 N–H and O–H groups in total. The van der Waals surface area contributed by atoms with Gasteiger partial charge < -0.3 is 10.2 Å². The van der Waals surface area contributed by atoms with Gasteiger partial charge in [0.1, 0.15) is 22.7 Å². The Hall–Kier alpha value is -2.61. The molecule has 0 aliphatic carbocycles. The van der Waals surface area contributed by atoms with Crippen molar-refractivity contribution >= 4 is 33.3 Å². The van der Waals surface area contributed by atoms with Crippen molar-refractivity contribution < 1.29 is 4.79 Å². The van der Waals surface area contributed by atoms with E-state index in [0.717, 1.165) is 42.0 Å². The molecule has 0 spiro atoms. The number of amides is 1. The number of piperidine rings is 1. The number of thiophene rings is 1. The highest BCUT2D eigenvalue weighted by Crippen LogP contribution is 2.28. The molecule has 0 bridgehead atoms. The van der Waals surface area contributed by atoms with Crippen molar-refractivity contribution in [3.63, 3.8) is 0 Å². The van der Waals surface area contributed by atoms with E-state index in [1.807, 2.05) is 5.38 Å². The van der Waals surface area contributed by atoms with Crippen molar-refractivity contribution in [1.29, 1.82) is 0 Å². The number of carbonyl (C=O) groups is 1. The van der Waals surface area contributed by atoms with Crippen molar-refractivity contribution in [2.75, 3.05) is 18.0 Å². The van der Waals surface area contributed by atoms with Crippen molar-refractivity contribution in [3.8, 4) is 0 Å². The molecule has 3 aromatic rings. The summed E-state index contributed by atoms with van der Waals surface area (Å²) >= 11 is 1.61. The molecule has 1 aliphatic heterocycles. The molecule has 0 aromatic carbocycles. The summed E-state index contributed by atoms with van der Waals surface area (Å²) in [4.78, 5) is 32.2. The Morgan fingerprint density at radius 1 is 1.29 bits per heavy atom. The summed E-state index contributed by atoms with van der Waals surface area (Å²) < 4.78 is 0. The lowest BCUT2D eigenvalue weighted by Gasteiger charge is -2.34. The summed E-state index contributed by atoms with van der Waals surface area (Å²) in [5.41, 5.74) is 0.344. The van der Waals surface area contributed by atoms with Gasteiger partial charge in [0.15, 0.2) is 0 Å². The number of rotatable bonds is 3. The fraction of sp³-hybridized carbons (Fsp3) is 0.312. The van der Waals surface area contributed by atoms with Gasteiger partial charge in [0, 0.05) is 31.5 Å². The van der Waals surface area contributed by atoms with E-state index >= 15 is 0 Å². The zero-order chi connectivity index (χ0) is 16.4. The molecule has 8 heteroatoms. The van der Waals surface area contributed by atoms with Crippen LogP contribution in [0.3, 0.4) is 0 Å². The van der Waals surface area contributed by atoms with Crippen LogP contribution in [0.1, 0.15) is 23.3 Å². The van der Waals surface area contributed by atoms with Crippen LogP contribution in [0.4, 0.5) is 5.82 Å². The number of carbonyl (C=O) groups excluding carboxylic acids is 1. The average Bonchev–Trinajstić information content (AvgIpc) is 3.11. The topological polar surface area (TPSA) is 83.9 Å². The average molecular weight is 340 g/mol. The number of fused-ring (bicyclic) bond motifs is 1. The van der Waals surface area contributed by atoms with Gasteiger partial charge in [-0.2, -0.15) is 0 Å². The van der Waals surface area contributed by atoms with Crippen molar-refractivity contribution in [3.05, 3.63) is 42.1 Å². The fourth-order valence-corrected chi connectivity index (χ4v) is 3.72. The van der Waals surface area contributed by atoms with Gasteiger partial charge in [0.2, 0.25) is 0 Å². The summed E-state index contributed by atoms with van der Waals surface area (Å²) in [6, 6.07) is 2.12. The second-order valence-electron chi connectivity index (χ2n) is 5.69. The van der Waals surface area contributed by atoms with Crippen LogP contribution < -0.4 is 10.2 Å². The highest BCUT2D eigenvalue weighted by atomic mass is 32.1. The van der Waals surface area contributed by atoms with Crippen molar-refractivity contribution in [1.82, 2.24) is 25.3 Å². The Morgan fingerprint density at radius 3 is 3.12 bits per heavy atom. The molecule has 1 atom stereocenters. The maximum Gasteiger partial charge on any atom is 0.271 e. The van der Waals surface area contributed by atoms with E-state index in [-0.39, 0.29) is 11.9 Å². The lowest BCUT2D eigenvalue weighted by molar-refractivity contribution is 0.0927. The molecule has 1 unspecified atom stereocenters. The monoisotopic (exact) mass is 340 g/mol. The zero-order valence-electron chi connectivity index (χ0n) is 12.9. The quantitative estimate of drug-likeness (QED) is 0.784. The molecule has 1 aliphatic rings. The second-order valence-corrected chi connectivity index (χ2v) is 6.58. The van der Waals surface area contributed by atoms with Gasteiger partial charge in [-0.15, -0.1) is 11.3 Å². The SMILES string of the molecule is O=C(NC1CCCN(c2ncnc3sccc23)C1)c1cnccn1. The van der Waals surface area contributed by atoms with Crippen LogP contribution in [0.5, 0.6) is 0 Å². The predicted octanol–water partition coefficient (Wildman–Crippen LogP) is 1.88. The summed E-state index contributed by atoms with van der Waals surface area (Å²) in [6.07, 6.45) is 8.11. The normalized spacial score (nSPS) is 17.8. The maximum absolute atomic E-state index is 12.3. The van der Waals surface area contributed by atoms with Gasteiger partial charge in [-0.1, -0.05) is 0 Å². The number of nitrogens with zero attached hydrogens (tertiary/aromatic N) is 5. The van der Waals surface area contributed by atoms with Gasteiger partial charge in [0.05, 0.1) is 11.6 Å². The van der Waals surface area contributed by atoms with Crippen LogP contribution in [0.25, 0.3) is 10.2 Å². The van der Waals surface area contributed by atoms with E-state index in [1.54, 1.807) is 23.9 Å². The number of hydrogen-bond donors (Lipinski definition) is 1. The summed E-state index contributed by atoms with van der Waals surface area (Å²) in [7, 11) is 0. The van der Waals surface area contributed by atoms with Crippen LogP contribution in [-0.4, -0.2) is 45.0 Å². The van der Waals surface area contributed by atoms with Crippen molar-refractivity contribution in [2.45, 2.75) is 18.9 Å². The summed E-state index contributed by atoms with van der Waals surface area (Å²) in [5, 5.41) is 6.15. The highest BCUT2D eigenvalue weighted by Gasteiger charge is 2.24. The molecule has 0 radical (unpaired) electrons. The standard InChI is InChI=1S/C16H16N6OS/c23-15(13-8-17-4-5-18-13)21-11-2-1-6-22(9-11)14-12-3-7-24-16(12)20-10-19-14/h3-5,7-8,10-11H,1-2,6,9H2,(H,21,23). The minimum Gasteiger partial charge on any atom is -0.354 e. The predicted molar refractivity (Wildman–Crippen MR) is 92.1 cm³/mol. The molecule has 0 saturated carbocycles. The Bertz CT molecular complexity index is 852. The number of nitrogens with one attached hydrogen (secondary N) is 1. The molecule has 4 heterocycles. The lowest BCUT2D eigenvalue weighted by atomic mass is 10.1. The zero-order valence-corrected chi connectivity index (χ0v) is 13.7. The van der Waals surface area contributed by atoms with Gasteiger partial charge >= 0.3 is 0 Å². The molecule has 122 valence electrons. The Labute approximate surface area is 142 Å². The van der Waals surface area contributed by atoms with E-state index in [1.165, 1.54) is 12.4 Å². The largest absolute Gasteiger partial charge is 0.354 e. The smallest absolute Gasteiger partial charge is 0.271 e. The Balaban J connectivity index is 1.50. The Morgan fingerprint density at radius 2 is 2.25 bits per heavy atom. The highest BCUT2D eigenvalue weighted by molar-refractivity contribution is 7.16. The summed E-state index contributed by atoms with van der Waals surface area (Å²) in [6.45, 7) is 1.66. The first-order valence-corrected chi connectivity index (χ1v) is 8.69. The van der Waals surface area contributed by atoms with Crippen LogP contribution >= 0.6 is 11.3 Å². The first-order valence-electron chi connectivity index (χ1n) is 7.81. The molecular weight excluding hydrogens is 324 g/mol. The van der Waals surface area contributed by atoms with E-state index in [9.17, 15) is 4.79 Å². The second kappa shape index (κ2) is 6.48. The van der Waals surface area contributed by atoms with Gasteiger partial charge in [-0.05, 0) is 24.3 Å². The third-order valence-electron chi connectivity index (χ3n) is 4.09. The third kappa shape index (κ3) is 2.92. The van der Waals surface area contributed by atoms with E-state index in [0.29, 0.717) is 5.69 Å². The first kappa shape index (κ1) is 14.9. The van der Waals surface area contributed by atoms with Crippen LogP contribution in [-0.2, 0) is 0 Å². The van der Waals surface area contributed by atoms with Crippen LogP contribution in [0.15, 0.2) is 36.4 Å². The molecule has 1 saturated heterocycles. The molecule has 24 heavy (non-hydrogen) atoms. The molecule has 7 nitrogen and oxygen atoms in total. The van der Waals surface area contributed by atoms with E-state index in [2.05, 4.69) is 36.2 Å². The van der Waals surface area contributed by atoms with Crippen LogP contribution in [0.2, 0.25) is 0 Å². The summed E-state index contributed by atoms with van der Waals surface area (Å²) in [5.74, 6) is 0.762. The molecule has 1 fully saturated rings. The Kier molecular flexibility index (Phi) is 4.04. The van der Waals surface area contributed by atoms with E-state index in [4.69, 9.17) is 0 Å². The maximum atomic E-state index is 12.3. The minimum absolute atomic E-state index is 0.0666. The molecular formula is C16H16N6OS. The third-order valence-corrected chi connectivity index (χ3v) is 4.91. The van der Waals surface area contributed by atoms with E-state index < -0.39 is 0 Å². The molecule has 1 amide bonds. The number of hydrogen-bond acceptors (Lipinski definition) is 7. The first-order chi connectivity index (χ1) is 11.8. The number of anilines is 1. The molecule has 3 aromatic heterocycles. The van der Waals surface area contributed by atoms with Gasteiger partial charge in [-0.3, -0.25) is 9.78 Å². The fourth-order valence-electron chi connectivity index (χ4n) is 2.99. The lowest BCUT2D eigenvalue weighted by Crippen LogP contribution is -2.48.